The van der Waals surface area contributed by atoms with Crippen LogP contribution in [0.3, 0.4) is 0 Å². The lowest BCUT2D eigenvalue weighted by Gasteiger charge is -2.18. The van der Waals surface area contributed by atoms with Crippen molar-refractivity contribution >= 4 is 17.2 Å². The number of carbonyl (C=O) groups is 1. The molecule has 23 heavy (non-hydrogen) atoms. The van der Waals surface area contributed by atoms with Gasteiger partial charge in [-0.15, -0.1) is 0 Å². The highest BCUT2D eigenvalue weighted by molar-refractivity contribution is 7.08. The highest BCUT2D eigenvalue weighted by Gasteiger charge is 2.17. The minimum Gasteiger partial charge on any atom is -0.337 e. The summed E-state index contributed by atoms with van der Waals surface area (Å²) in [5.74, 6) is 0.802. The molecule has 0 aliphatic carbocycles. The van der Waals surface area contributed by atoms with E-state index in [9.17, 15) is 4.79 Å². The maximum Gasteiger partial charge on any atom is 0.255 e. The second kappa shape index (κ2) is 6.34. The van der Waals surface area contributed by atoms with Crippen LogP contribution in [0.15, 0.2) is 41.4 Å². The van der Waals surface area contributed by atoms with E-state index in [1.807, 2.05) is 48.3 Å². The van der Waals surface area contributed by atoms with E-state index < -0.39 is 0 Å². The van der Waals surface area contributed by atoms with Crippen molar-refractivity contribution in [1.29, 1.82) is 0 Å². The molecular weight excluding hydrogens is 308 g/mol. The fraction of sp³-hybridized carbons (Fsp3) is 0.235. The molecule has 5 nitrogen and oxygen atoms in total. The smallest absolute Gasteiger partial charge is 0.255 e. The monoisotopic (exact) mass is 326 g/mol. The molecule has 3 aromatic heterocycles. The molecule has 0 aliphatic rings. The van der Waals surface area contributed by atoms with E-state index in [1.165, 1.54) is 0 Å². The zero-order valence-electron chi connectivity index (χ0n) is 13.4. The Kier molecular flexibility index (Phi) is 4.25. The van der Waals surface area contributed by atoms with Crippen molar-refractivity contribution in [2.24, 2.45) is 7.05 Å². The van der Waals surface area contributed by atoms with Gasteiger partial charge >= 0.3 is 0 Å². The number of aromatic nitrogens is 3. The van der Waals surface area contributed by atoms with Crippen molar-refractivity contribution in [3.63, 3.8) is 0 Å². The Labute approximate surface area is 139 Å². The topological polar surface area (TPSA) is 51.0 Å². The summed E-state index contributed by atoms with van der Waals surface area (Å²) in [7, 11) is 3.70. The third-order valence-electron chi connectivity index (χ3n) is 3.78. The van der Waals surface area contributed by atoms with Crippen LogP contribution in [0.4, 0.5) is 0 Å². The van der Waals surface area contributed by atoms with Crippen molar-refractivity contribution in [1.82, 2.24) is 19.4 Å². The van der Waals surface area contributed by atoms with Gasteiger partial charge in [0.15, 0.2) is 0 Å². The molecule has 0 atom stereocenters. The number of aryl methyl sites for hydroxylation is 2. The number of hydrogen-bond donors (Lipinski definition) is 0. The molecule has 0 saturated heterocycles. The van der Waals surface area contributed by atoms with Gasteiger partial charge in [-0.3, -0.25) is 9.78 Å². The number of carbonyl (C=O) groups excluding carboxylic acids is 1. The summed E-state index contributed by atoms with van der Waals surface area (Å²) in [5.41, 5.74) is 3.34. The Balaban J connectivity index is 1.80. The van der Waals surface area contributed by atoms with Crippen LogP contribution in [0.2, 0.25) is 0 Å². The van der Waals surface area contributed by atoms with Crippen LogP contribution in [0, 0.1) is 6.92 Å². The molecule has 0 unspecified atom stereocenters. The molecule has 3 rings (SSSR count). The summed E-state index contributed by atoms with van der Waals surface area (Å²) in [6.07, 6.45) is 3.60. The van der Waals surface area contributed by atoms with Gasteiger partial charge in [-0.2, -0.15) is 11.3 Å². The first-order valence-corrected chi connectivity index (χ1v) is 8.22. The number of pyridine rings is 1. The predicted molar refractivity (Wildman–Crippen MR) is 91.3 cm³/mol. The Morgan fingerprint density at radius 1 is 1.35 bits per heavy atom. The first kappa shape index (κ1) is 15.4. The highest BCUT2D eigenvalue weighted by atomic mass is 32.1. The summed E-state index contributed by atoms with van der Waals surface area (Å²) in [6, 6.07) is 5.78. The number of hydrogen-bond acceptors (Lipinski definition) is 4. The Bertz CT molecular complexity index is 823. The summed E-state index contributed by atoms with van der Waals surface area (Å²) in [4.78, 5) is 23.1. The first-order valence-electron chi connectivity index (χ1n) is 7.28. The van der Waals surface area contributed by atoms with E-state index in [4.69, 9.17) is 0 Å². The lowest BCUT2D eigenvalue weighted by Crippen LogP contribution is -2.28. The zero-order chi connectivity index (χ0) is 16.4. The lowest BCUT2D eigenvalue weighted by atomic mass is 10.1. The van der Waals surface area contributed by atoms with Gasteiger partial charge in [-0.05, 0) is 30.5 Å². The van der Waals surface area contributed by atoms with Crippen LogP contribution in [0.25, 0.3) is 11.3 Å². The molecule has 0 saturated carbocycles. The zero-order valence-corrected chi connectivity index (χ0v) is 14.2. The Hall–Kier alpha value is -2.47. The van der Waals surface area contributed by atoms with Crippen LogP contribution < -0.4 is 0 Å². The van der Waals surface area contributed by atoms with E-state index >= 15 is 0 Å². The van der Waals surface area contributed by atoms with Crippen molar-refractivity contribution in [3.8, 4) is 11.3 Å². The molecule has 3 heterocycles. The average molecular weight is 326 g/mol. The van der Waals surface area contributed by atoms with E-state index in [0.29, 0.717) is 12.1 Å². The number of rotatable bonds is 4. The van der Waals surface area contributed by atoms with Crippen LogP contribution in [0.5, 0.6) is 0 Å². The summed E-state index contributed by atoms with van der Waals surface area (Å²) >= 11 is 1.63. The largest absolute Gasteiger partial charge is 0.337 e. The third-order valence-corrected chi connectivity index (χ3v) is 4.46. The van der Waals surface area contributed by atoms with Crippen LogP contribution in [0.1, 0.15) is 21.9 Å². The Morgan fingerprint density at radius 2 is 2.17 bits per heavy atom. The molecule has 0 aliphatic heterocycles. The first-order chi connectivity index (χ1) is 11.1. The third kappa shape index (κ3) is 3.17. The van der Waals surface area contributed by atoms with Crippen molar-refractivity contribution in [2.75, 3.05) is 7.05 Å². The SMILES string of the molecule is Cc1nc(-c2ccsc2)ccc1C(=O)N(C)Cc1nccn1C. The van der Waals surface area contributed by atoms with E-state index in [0.717, 1.165) is 22.8 Å². The van der Waals surface area contributed by atoms with Crippen molar-refractivity contribution < 1.29 is 4.79 Å². The minimum atomic E-state index is -0.0464. The van der Waals surface area contributed by atoms with Gasteiger partial charge in [-0.25, -0.2) is 4.98 Å². The van der Waals surface area contributed by atoms with Gasteiger partial charge in [0.1, 0.15) is 5.82 Å². The highest BCUT2D eigenvalue weighted by Crippen LogP contribution is 2.22. The van der Waals surface area contributed by atoms with Crippen LogP contribution in [-0.4, -0.2) is 32.4 Å². The Morgan fingerprint density at radius 3 is 2.78 bits per heavy atom. The fourth-order valence-corrected chi connectivity index (χ4v) is 3.05. The quantitative estimate of drug-likeness (QED) is 0.740. The maximum atomic E-state index is 12.7. The molecule has 0 bridgehead atoms. The van der Waals surface area contributed by atoms with E-state index in [-0.39, 0.29) is 5.91 Å². The van der Waals surface area contributed by atoms with E-state index in [2.05, 4.69) is 15.3 Å². The van der Waals surface area contributed by atoms with Gasteiger partial charge in [-0.1, -0.05) is 0 Å². The number of amides is 1. The molecule has 1 amide bonds. The number of imidazole rings is 1. The second-order valence-electron chi connectivity index (χ2n) is 5.46. The normalized spacial score (nSPS) is 10.7. The minimum absolute atomic E-state index is 0.0464. The molecule has 0 fully saturated rings. The summed E-state index contributed by atoms with van der Waals surface area (Å²) in [5, 5.41) is 4.07. The molecule has 118 valence electrons. The standard InChI is InChI=1S/C17H18N4OS/c1-12-14(4-5-15(19-12)13-6-9-23-11-13)17(22)21(3)10-16-18-7-8-20(16)2/h4-9,11H,10H2,1-3H3. The van der Waals surface area contributed by atoms with Gasteiger partial charge < -0.3 is 9.47 Å². The summed E-state index contributed by atoms with van der Waals surface area (Å²) < 4.78 is 1.91. The molecule has 6 heteroatoms. The molecule has 0 aromatic carbocycles. The predicted octanol–water partition coefficient (Wildman–Crippen LogP) is 3.12. The number of thiophene rings is 1. The molecular formula is C17H18N4OS. The molecule has 0 spiro atoms. The second-order valence-corrected chi connectivity index (χ2v) is 6.24. The molecule has 0 N–H and O–H groups in total. The van der Waals surface area contributed by atoms with Gasteiger partial charge in [0, 0.05) is 37.4 Å². The lowest BCUT2D eigenvalue weighted by molar-refractivity contribution is 0.0779. The van der Waals surface area contributed by atoms with Crippen molar-refractivity contribution in [3.05, 3.63) is 58.4 Å². The van der Waals surface area contributed by atoms with Crippen LogP contribution >= 0.6 is 11.3 Å². The van der Waals surface area contributed by atoms with Gasteiger partial charge in [0.05, 0.1) is 23.5 Å². The average Bonchev–Trinajstić information content (AvgIpc) is 3.19. The van der Waals surface area contributed by atoms with E-state index in [1.54, 1.807) is 29.5 Å². The maximum absolute atomic E-state index is 12.7. The van der Waals surface area contributed by atoms with Gasteiger partial charge in [0.2, 0.25) is 0 Å². The van der Waals surface area contributed by atoms with Crippen LogP contribution in [-0.2, 0) is 13.6 Å². The molecule has 0 radical (unpaired) electrons. The number of nitrogens with zero attached hydrogens (tertiary/aromatic N) is 4. The van der Waals surface area contributed by atoms with Gasteiger partial charge in [0.25, 0.3) is 5.91 Å². The van der Waals surface area contributed by atoms with Crippen molar-refractivity contribution in [2.45, 2.75) is 13.5 Å². The fourth-order valence-electron chi connectivity index (χ4n) is 2.40. The summed E-state index contributed by atoms with van der Waals surface area (Å²) in [6.45, 7) is 2.34. The molecule has 3 aromatic rings.